The molecule has 2 N–H and O–H groups in total. The summed E-state index contributed by atoms with van der Waals surface area (Å²) in [7, 11) is 0. The first-order valence-electron chi connectivity index (χ1n) is 5.79. The number of aliphatic hydroxyl groups is 1. The second-order valence-corrected chi connectivity index (χ2v) is 4.43. The van der Waals surface area contributed by atoms with Crippen LogP contribution in [0.5, 0.6) is 0 Å². The van der Waals surface area contributed by atoms with Gasteiger partial charge in [-0.15, -0.1) is 0 Å². The number of aliphatic hydroxyl groups excluding tert-OH is 1. The van der Waals surface area contributed by atoms with Gasteiger partial charge in [-0.05, 0) is 19.3 Å². The highest BCUT2D eigenvalue weighted by molar-refractivity contribution is 5.78. The van der Waals surface area contributed by atoms with Crippen LogP contribution < -0.4 is 5.32 Å². The van der Waals surface area contributed by atoms with Gasteiger partial charge in [0, 0.05) is 18.6 Å². The van der Waals surface area contributed by atoms with Crippen LogP contribution in [0.15, 0.2) is 0 Å². The third-order valence-electron chi connectivity index (χ3n) is 2.84. The molecule has 0 atom stereocenters. The van der Waals surface area contributed by atoms with Crippen LogP contribution in [0, 0.1) is 0 Å². The van der Waals surface area contributed by atoms with Crippen molar-refractivity contribution in [1.29, 1.82) is 0 Å². The minimum absolute atomic E-state index is 0.0594. The standard InChI is InChI=1S/C11H22N2O2/c1-9(2)12-8-11(15)13(6-7-14)10-4-3-5-10/h9-10,12,14H,3-8H2,1-2H3. The van der Waals surface area contributed by atoms with Crippen LogP contribution in [-0.2, 0) is 4.79 Å². The third-order valence-corrected chi connectivity index (χ3v) is 2.84. The van der Waals surface area contributed by atoms with Gasteiger partial charge in [0.1, 0.15) is 0 Å². The van der Waals surface area contributed by atoms with Crippen LogP contribution >= 0.6 is 0 Å². The maximum atomic E-state index is 11.8. The molecule has 0 saturated heterocycles. The van der Waals surface area contributed by atoms with Crippen molar-refractivity contribution < 1.29 is 9.90 Å². The largest absolute Gasteiger partial charge is 0.395 e. The van der Waals surface area contributed by atoms with Gasteiger partial charge in [-0.25, -0.2) is 0 Å². The molecule has 1 aliphatic carbocycles. The first-order valence-corrected chi connectivity index (χ1v) is 5.79. The van der Waals surface area contributed by atoms with E-state index in [0.29, 0.717) is 25.2 Å². The first kappa shape index (κ1) is 12.5. The van der Waals surface area contributed by atoms with E-state index in [0.717, 1.165) is 12.8 Å². The molecule has 4 nitrogen and oxygen atoms in total. The summed E-state index contributed by atoms with van der Waals surface area (Å²) in [5.74, 6) is 0.113. The van der Waals surface area contributed by atoms with E-state index in [-0.39, 0.29) is 12.5 Å². The van der Waals surface area contributed by atoms with E-state index in [1.54, 1.807) is 0 Å². The van der Waals surface area contributed by atoms with E-state index in [9.17, 15) is 4.79 Å². The van der Waals surface area contributed by atoms with Crippen LogP contribution in [0.3, 0.4) is 0 Å². The average molecular weight is 214 g/mol. The highest BCUT2D eigenvalue weighted by atomic mass is 16.3. The summed E-state index contributed by atoms with van der Waals surface area (Å²) < 4.78 is 0. The lowest BCUT2D eigenvalue weighted by atomic mass is 9.91. The number of carbonyl (C=O) groups excluding carboxylic acids is 1. The fraction of sp³-hybridized carbons (Fsp3) is 0.909. The van der Waals surface area contributed by atoms with Gasteiger partial charge in [-0.3, -0.25) is 4.79 Å². The lowest BCUT2D eigenvalue weighted by molar-refractivity contribution is -0.135. The van der Waals surface area contributed by atoms with E-state index >= 15 is 0 Å². The zero-order valence-corrected chi connectivity index (χ0v) is 9.70. The van der Waals surface area contributed by atoms with E-state index < -0.39 is 0 Å². The molecule has 1 saturated carbocycles. The molecule has 0 radical (unpaired) electrons. The van der Waals surface area contributed by atoms with Gasteiger partial charge in [0.25, 0.3) is 0 Å². The minimum Gasteiger partial charge on any atom is -0.395 e. The molecule has 0 heterocycles. The lowest BCUT2D eigenvalue weighted by Crippen LogP contribution is -2.49. The highest BCUT2D eigenvalue weighted by Gasteiger charge is 2.27. The quantitative estimate of drug-likeness (QED) is 0.671. The van der Waals surface area contributed by atoms with Gasteiger partial charge in [0.2, 0.25) is 5.91 Å². The molecule has 0 aliphatic heterocycles. The Morgan fingerprint density at radius 1 is 1.53 bits per heavy atom. The summed E-state index contributed by atoms with van der Waals surface area (Å²) in [4.78, 5) is 13.6. The van der Waals surface area contributed by atoms with Crippen molar-refractivity contribution in [2.24, 2.45) is 0 Å². The van der Waals surface area contributed by atoms with Gasteiger partial charge in [-0.1, -0.05) is 13.8 Å². The molecule has 4 heteroatoms. The van der Waals surface area contributed by atoms with Gasteiger partial charge in [0.05, 0.1) is 13.2 Å². The van der Waals surface area contributed by atoms with Crippen LogP contribution in [0.25, 0.3) is 0 Å². The summed E-state index contributed by atoms with van der Waals surface area (Å²) in [6.07, 6.45) is 3.39. The summed E-state index contributed by atoms with van der Waals surface area (Å²) >= 11 is 0. The zero-order valence-electron chi connectivity index (χ0n) is 9.70. The Kier molecular flexibility index (Phi) is 5.05. The van der Waals surface area contributed by atoms with E-state index in [2.05, 4.69) is 5.32 Å². The average Bonchev–Trinajstić information content (AvgIpc) is 2.10. The fourth-order valence-electron chi connectivity index (χ4n) is 1.71. The van der Waals surface area contributed by atoms with Gasteiger partial charge < -0.3 is 15.3 Å². The Hall–Kier alpha value is -0.610. The molecule has 0 bridgehead atoms. The Labute approximate surface area is 91.6 Å². The van der Waals surface area contributed by atoms with Gasteiger partial charge in [0.15, 0.2) is 0 Å². The van der Waals surface area contributed by atoms with Crippen LogP contribution in [0.1, 0.15) is 33.1 Å². The number of rotatable bonds is 6. The van der Waals surface area contributed by atoms with Crippen molar-refractivity contribution in [1.82, 2.24) is 10.2 Å². The second kappa shape index (κ2) is 6.08. The Morgan fingerprint density at radius 2 is 2.20 bits per heavy atom. The first-order chi connectivity index (χ1) is 7.15. The van der Waals surface area contributed by atoms with E-state index in [1.165, 1.54) is 6.42 Å². The maximum absolute atomic E-state index is 11.8. The molecule has 0 aromatic heterocycles. The number of nitrogens with zero attached hydrogens (tertiary/aromatic N) is 1. The molecule has 88 valence electrons. The van der Waals surface area contributed by atoms with Gasteiger partial charge >= 0.3 is 0 Å². The van der Waals surface area contributed by atoms with Crippen molar-refractivity contribution >= 4 is 5.91 Å². The zero-order chi connectivity index (χ0) is 11.3. The summed E-state index contributed by atoms with van der Waals surface area (Å²) in [6, 6.07) is 0.699. The molecular formula is C11H22N2O2. The molecule has 0 unspecified atom stereocenters. The molecule has 1 rings (SSSR count). The topological polar surface area (TPSA) is 52.6 Å². The molecule has 1 amide bonds. The fourth-order valence-corrected chi connectivity index (χ4v) is 1.71. The normalized spacial score (nSPS) is 16.5. The summed E-state index contributed by atoms with van der Waals surface area (Å²) in [6.45, 7) is 4.96. The number of carbonyl (C=O) groups is 1. The Balaban J connectivity index is 2.36. The summed E-state index contributed by atoms with van der Waals surface area (Å²) in [5, 5.41) is 12.0. The number of hydrogen-bond acceptors (Lipinski definition) is 3. The second-order valence-electron chi connectivity index (χ2n) is 4.43. The Morgan fingerprint density at radius 3 is 2.60 bits per heavy atom. The van der Waals surface area contributed by atoms with Crippen molar-refractivity contribution in [2.45, 2.75) is 45.2 Å². The van der Waals surface area contributed by atoms with Crippen molar-refractivity contribution in [2.75, 3.05) is 19.7 Å². The number of nitrogens with one attached hydrogen (secondary N) is 1. The molecule has 15 heavy (non-hydrogen) atoms. The number of hydrogen-bond donors (Lipinski definition) is 2. The maximum Gasteiger partial charge on any atom is 0.236 e. The SMILES string of the molecule is CC(C)NCC(=O)N(CCO)C1CCC1. The molecule has 0 spiro atoms. The van der Waals surface area contributed by atoms with Crippen LogP contribution in [-0.4, -0.2) is 47.7 Å². The van der Waals surface area contributed by atoms with Crippen molar-refractivity contribution in [3.8, 4) is 0 Å². The minimum atomic E-state index is 0.0594. The van der Waals surface area contributed by atoms with E-state index in [1.807, 2.05) is 18.7 Å². The van der Waals surface area contributed by atoms with Crippen molar-refractivity contribution in [3.05, 3.63) is 0 Å². The van der Waals surface area contributed by atoms with Crippen LogP contribution in [0.4, 0.5) is 0 Å². The molecule has 0 aromatic rings. The third kappa shape index (κ3) is 3.80. The molecule has 1 aliphatic rings. The predicted octanol–water partition coefficient (Wildman–Crippen LogP) is 0.358. The lowest BCUT2D eigenvalue weighted by Gasteiger charge is -2.37. The summed E-state index contributed by atoms with van der Waals surface area (Å²) in [5.41, 5.74) is 0. The predicted molar refractivity (Wildman–Crippen MR) is 59.6 cm³/mol. The Bertz CT molecular complexity index is 203. The molecule has 0 aromatic carbocycles. The highest BCUT2D eigenvalue weighted by Crippen LogP contribution is 2.24. The van der Waals surface area contributed by atoms with Crippen molar-refractivity contribution in [3.63, 3.8) is 0 Å². The smallest absolute Gasteiger partial charge is 0.236 e. The monoisotopic (exact) mass is 214 g/mol. The van der Waals surface area contributed by atoms with Crippen LogP contribution in [0.2, 0.25) is 0 Å². The molecule has 1 fully saturated rings. The van der Waals surface area contributed by atoms with Gasteiger partial charge in [-0.2, -0.15) is 0 Å². The van der Waals surface area contributed by atoms with E-state index in [4.69, 9.17) is 5.11 Å². The number of amides is 1. The molecular weight excluding hydrogens is 192 g/mol.